The number of amides is 1. The van der Waals surface area contributed by atoms with Gasteiger partial charge in [-0.1, -0.05) is 120 Å². The first-order chi connectivity index (χ1) is 33.8. The summed E-state index contributed by atoms with van der Waals surface area (Å²) in [5, 5.41) is 0.149. The Morgan fingerprint density at radius 1 is 0.775 bits per heavy atom. The number of Topliss-reactive ketones (excluding diaryl/α,β-unsaturated/α-hetero) is 1. The lowest BCUT2D eigenvalue weighted by Gasteiger charge is -2.50. The van der Waals surface area contributed by atoms with Crippen molar-refractivity contribution >= 4 is 76.2 Å². The molecule has 2 fully saturated rings. The van der Waals surface area contributed by atoms with Gasteiger partial charge in [-0.3, -0.25) is 4.79 Å². The number of hydrogen-bond donors (Lipinski definition) is 0. The minimum absolute atomic E-state index is 0.0203. The van der Waals surface area contributed by atoms with E-state index in [1.54, 1.807) is 66.7 Å². The maximum absolute atomic E-state index is 15.0. The monoisotopic (exact) mass is 1050 g/mol. The standard InChI is InChI=1S/C49H46Cl3F3N2O14/c1-30(58)23-25-38(59)67-36(27-63-43(60)32-15-7-3-8-16-32)24-26-39(69-44(61)33-17-9-4-10-18-33)68-42-40(31(2)66-37-28-64-45(70-41(37)42)34-19-11-5-12-20-34)57(47(62)65-29-48(50,51)52)71-46(49(53,54)55)56-35-21-13-6-14-22-35/h3-22,24,26,31,36-37,39-42,45H,23,25,27-29H2,1-2H3/b26-24+,56-46-/t31?,36-,37?,39-,40?,41?,42?,45?/m0/s1. The van der Waals surface area contributed by atoms with Crippen molar-refractivity contribution < 1.29 is 79.9 Å². The number of para-hydroxylation sites is 1. The molecule has 2 aliphatic rings. The molecule has 71 heavy (non-hydrogen) atoms. The molecule has 2 aliphatic heterocycles. The average molecular weight is 1050 g/mol. The Hall–Kier alpha value is -6.06. The molecule has 4 aromatic rings. The number of hydroxylamine groups is 2. The summed E-state index contributed by atoms with van der Waals surface area (Å²) in [5.74, 6) is -4.91. The molecular weight excluding hydrogens is 1000 g/mol. The number of rotatable bonds is 17. The molecule has 378 valence electrons. The molecule has 0 aliphatic carbocycles. The Morgan fingerprint density at radius 2 is 1.37 bits per heavy atom. The highest BCUT2D eigenvalue weighted by molar-refractivity contribution is 6.67. The zero-order valence-corrected chi connectivity index (χ0v) is 40.0. The summed E-state index contributed by atoms with van der Waals surface area (Å²) in [6, 6.07) is 29.0. The van der Waals surface area contributed by atoms with Gasteiger partial charge in [0.2, 0.25) is 10.1 Å². The number of fused-ring (bicyclic) bond motifs is 1. The van der Waals surface area contributed by atoms with Crippen LogP contribution in [0.2, 0.25) is 0 Å². The van der Waals surface area contributed by atoms with Gasteiger partial charge in [0.05, 0.1) is 35.9 Å². The number of esters is 3. The van der Waals surface area contributed by atoms with E-state index < -0.39 is 102 Å². The Bertz CT molecular complexity index is 2470. The Labute approximate surface area is 420 Å². The maximum atomic E-state index is 15.0. The predicted octanol–water partition coefficient (Wildman–Crippen LogP) is 9.55. The van der Waals surface area contributed by atoms with Crippen molar-refractivity contribution in [1.82, 2.24) is 5.06 Å². The van der Waals surface area contributed by atoms with E-state index in [0.717, 1.165) is 12.2 Å². The second kappa shape index (κ2) is 25.4. The summed E-state index contributed by atoms with van der Waals surface area (Å²) in [4.78, 5) is 75.0. The van der Waals surface area contributed by atoms with Crippen molar-refractivity contribution in [2.75, 3.05) is 19.8 Å². The van der Waals surface area contributed by atoms with E-state index in [9.17, 15) is 37.1 Å². The van der Waals surface area contributed by atoms with Gasteiger partial charge >= 0.3 is 36.1 Å². The van der Waals surface area contributed by atoms with Crippen LogP contribution in [0.4, 0.5) is 23.7 Å². The fourth-order valence-corrected chi connectivity index (χ4v) is 7.16. The predicted molar refractivity (Wildman–Crippen MR) is 248 cm³/mol. The van der Waals surface area contributed by atoms with Crippen molar-refractivity contribution in [2.24, 2.45) is 4.99 Å². The minimum atomic E-state index is -5.37. The first kappa shape index (κ1) is 54.3. The van der Waals surface area contributed by atoms with E-state index in [-0.39, 0.29) is 47.1 Å². The van der Waals surface area contributed by atoms with Gasteiger partial charge in [-0.15, -0.1) is 5.06 Å². The number of aliphatic imine (C=N–C) groups is 1. The molecule has 16 nitrogen and oxygen atoms in total. The van der Waals surface area contributed by atoms with Crippen molar-refractivity contribution in [1.29, 1.82) is 0 Å². The van der Waals surface area contributed by atoms with Crippen LogP contribution in [0.3, 0.4) is 0 Å². The lowest BCUT2D eigenvalue weighted by atomic mass is 9.92. The molecule has 6 unspecified atom stereocenters. The first-order valence-corrected chi connectivity index (χ1v) is 22.9. The van der Waals surface area contributed by atoms with Crippen molar-refractivity contribution in [3.8, 4) is 0 Å². The topological polar surface area (TPSA) is 184 Å². The van der Waals surface area contributed by atoms with Crippen molar-refractivity contribution in [2.45, 2.75) is 85.8 Å². The highest BCUT2D eigenvalue weighted by Crippen LogP contribution is 2.39. The average Bonchev–Trinajstić information content (AvgIpc) is 3.35. The number of alkyl halides is 6. The number of ketones is 1. The van der Waals surface area contributed by atoms with Crippen LogP contribution in [-0.4, -0.2) is 113 Å². The van der Waals surface area contributed by atoms with Crippen LogP contribution < -0.4 is 0 Å². The van der Waals surface area contributed by atoms with Crippen molar-refractivity contribution in [3.05, 3.63) is 150 Å². The molecule has 4 aromatic carbocycles. The number of carbonyl (C=O) groups excluding carboxylic acids is 5. The molecule has 0 saturated carbocycles. The van der Waals surface area contributed by atoms with Gasteiger partial charge in [-0.2, -0.15) is 13.2 Å². The van der Waals surface area contributed by atoms with Gasteiger partial charge in [-0.25, -0.2) is 19.4 Å². The molecule has 1 amide bonds. The van der Waals surface area contributed by atoms with Crippen LogP contribution in [0.5, 0.6) is 0 Å². The Balaban J connectivity index is 1.46. The molecule has 6 rings (SSSR count). The van der Waals surface area contributed by atoms with Crippen LogP contribution in [0.15, 0.2) is 138 Å². The van der Waals surface area contributed by atoms with Crippen LogP contribution >= 0.6 is 34.8 Å². The van der Waals surface area contributed by atoms with E-state index in [4.69, 9.17) is 77.5 Å². The number of carbonyl (C=O) groups is 5. The highest BCUT2D eigenvalue weighted by Gasteiger charge is 2.56. The molecule has 0 bridgehead atoms. The third-order valence-corrected chi connectivity index (χ3v) is 10.6. The number of benzene rings is 4. The summed E-state index contributed by atoms with van der Waals surface area (Å²) in [7, 11) is 0. The first-order valence-electron chi connectivity index (χ1n) is 21.7. The number of ether oxygens (including phenoxy) is 8. The van der Waals surface area contributed by atoms with Gasteiger partial charge in [0.25, 0.3) is 0 Å². The van der Waals surface area contributed by atoms with Crippen molar-refractivity contribution in [3.63, 3.8) is 0 Å². The lowest BCUT2D eigenvalue weighted by Crippen LogP contribution is -2.68. The molecular formula is C49H46Cl3F3N2O14. The van der Waals surface area contributed by atoms with Gasteiger partial charge in [-0.05, 0) is 62.4 Å². The maximum Gasteiger partial charge on any atom is 0.471 e. The van der Waals surface area contributed by atoms with Gasteiger partial charge in [0.15, 0.2) is 12.4 Å². The third kappa shape index (κ3) is 16.5. The molecule has 2 saturated heterocycles. The second-order valence-electron chi connectivity index (χ2n) is 15.7. The number of halogens is 6. The molecule has 0 N–H and O–H groups in total. The Kier molecular flexibility index (Phi) is 19.4. The quantitative estimate of drug-likeness (QED) is 0.0142. The molecule has 22 heteroatoms. The summed E-state index contributed by atoms with van der Waals surface area (Å²) >= 11 is 17.7. The SMILES string of the molecule is CC(=O)CCC(=O)O[C@@H](/C=C/[C@H](OC(=O)c1ccccc1)OC1C2OC(c3ccccc3)OCC2OC(C)C1N(O/C(=N\c1ccccc1)C(F)(F)F)C(=O)OCC(Cl)(Cl)Cl)COC(=O)c1ccccc1. The third-order valence-electron chi connectivity index (χ3n) is 10.2. The van der Waals surface area contributed by atoms with Crippen LogP contribution in [0.1, 0.15) is 59.3 Å². The van der Waals surface area contributed by atoms with E-state index >= 15 is 0 Å². The molecule has 0 spiro atoms. The van der Waals surface area contributed by atoms with Crippen LogP contribution in [0.25, 0.3) is 0 Å². The van der Waals surface area contributed by atoms with E-state index in [1.165, 1.54) is 68.4 Å². The van der Waals surface area contributed by atoms with Gasteiger partial charge in [0, 0.05) is 12.0 Å². The lowest BCUT2D eigenvalue weighted by molar-refractivity contribution is -0.344. The number of hydrogen-bond acceptors (Lipinski definition) is 15. The fourth-order valence-electron chi connectivity index (χ4n) is 6.99. The molecule has 8 atom stereocenters. The highest BCUT2D eigenvalue weighted by atomic mass is 35.6. The van der Waals surface area contributed by atoms with Gasteiger partial charge < -0.3 is 47.5 Å². The molecule has 0 radical (unpaired) electrons. The van der Waals surface area contributed by atoms with Crippen LogP contribution in [-0.2, 0) is 52.3 Å². The molecule has 2 heterocycles. The van der Waals surface area contributed by atoms with E-state index in [2.05, 4.69) is 4.99 Å². The molecule has 0 aromatic heterocycles. The Morgan fingerprint density at radius 3 is 1.96 bits per heavy atom. The van der Waals surface area contributed by atoms with Crippen LogP contribution in [0, 0.1) is 0 Å². The summed E-state index contributed by atoms with van der Waals surface area (Å²) in [5.41, 5.74) is 0.456. The minimum Gasteiger partial charge on any atom is -0.458 e. The zero-order chi connectivity index (χ0) is 51.1. The van der Waals surface area contributed by atoms with E-state index in [1.807, 2.05) is 0 Å². The summed E-state index contributed by atoms with van der Waals surface area (Å²) in [6.45, 7) is 0.863. The summed E-state index contributed by atoms with van der Waals surface area (Å²) in [6.07, 6.45) is -15.3. The normalized spacial score (nSPS) is 21.2. The summed E-state index contributed by atoms with van der Waals surface area (Å²) < 4.78 is 90.3. The van der Waals surface area contributed by atoms with E-state index in [0.29, 0.717) is 5.56 Å². The smallest absolute Gasteiger partial charge is 0.458 e. The zero-order valence-electron chi connectivity index (χ0n) is 37.7. The van der Waals surface area contributed by atoms with Gasteiger partial charge in [0.1, 0.15) is 43.4 Å². The number of nitrogens with zero attached hydrogens (tertiary/aromatic N) is 2. The largest absolute Gasteiger partial charge is 0.471 e. The second-order valence-corrected chi connectivity index (χ2v) is 18.2. The fraction of sp³-hybridized carbons (Fsp3) is 0.347.